The van der Waals surface area contributed by atoms with Crippen LogP contribution in [0.2, 0.25) is 5.02 Å². The molecule has 0 radical (unpaired) electrons. The number of rotatable bonds is 7. The molecule has 6 heteroatoms. The lowest BCUT2D eigenvalue weighted by atomic mass is 9.91. The first-order chi connectivity index (χ1) is 11.6. The van der Waals surface area contributed by atoms with E-state index in [2.05, 4.69) is 0 Å². The third-order valence-corrected chi connectivity index (χ3v) is 4.71. The van der Waals surface area contributed by atoms with Crippen molar-refractivity contribution in [1.82, 2.24) is 4.90 Å². The first kappa shape index (κ1) is 19.0. The minimum absolute atomic E-state index is 0.122. The van der Waals surface area contributed by atoms with Gasteiger partial charge >= 0.3 is 0 Å². The molecule has 3 N–H and O–H groups in total. The Balaban J connectivity index is 2.22. The van der Waals surface area contributed by atoms with Crippen LogP contribution in [-0.2, 0) is 0 Å². The van der Waals surface area contributed by atoms with Gasteiger partial charge in [-0.05, 0) is 50.9 Å². The van der Waals surface area contributed by atoms with Crippen molar-refractivity contribution in [3.63, 3.8) is 0 Å². The molecule has 1 amide bonds. The first-order valence-electron chi connectivity index (χ1n) is 8.70. The van der Waals surface area contributed by atoms with E-state index in [0.29, 0.717) is 42.5 Å². The maximum Gasteiger partial charge on any atom is 0.257 e. The number of hydrogen-bond acceptors (Lipinski definition) is 4. The number of benzene rings is 1. The lowest BCUT2D eigenvalue weighted by Crippen LogP contribution is -2.48. The second-order valence-electron chi connectivity index (χ2n) is 6.14. The van der Waals surface area contributed by atoms with Crippen LogP contribution in [0.1, 0.15) is 49.4 Å². The lowest BCUT2D eigenvalue weighted by molar-refractivity contribution is 0.0194. The summed E-state index contributed by atoms with van der Waals surface area (Å²) in [5, 5.41) is 10.8. The normalized spacial score (nSPS) is 20.7. The van der Waals surface area contributed by atoms with E-state index in [1.165, 1.54) is 0 Å². The van der Waals surface area contributed by atoms with Gasteiger partial charge in [-0.15, -0.1) is 0 Å². The number of ether oxygens (including phenoxy) is 1. The summed E-state index contributed by atoms with van der Waals surface area (Å²) in [6.45, 7) is 3.45. The second-order valence-corrected chi connectivity index (χ2v) is 6.58. The average molecular weight is 355 g/mol. The van der Waals surface area contributed by atoms with E-state index in [-0.39, 0.29) is 11.9 Å². The molecule has 0 heterocycles. The molecule has 0 aromatic heterocycles. The van der Waals surface area contributed by atoms with Crippen LogP contribution in [0.3, 0.4) is 0 Å². The van der Waals surface area contributed by atoms with Gasteiger partial charge in [0, 0.05) is 11.6 Å². The summed E-state index contributed by atoms with van der Waals surface area (Å²) < 4.78 is 5.71. The van der Waals surface area contributed by atoms with Crippen LogP contribution in [0, 0.1) is 0 Å². The molecule has 2 atom stereocenters. The van der Waals surface area contributed by atoms with Crippen LogP contribution >= 0.6 is 11.6 Å². The Bertz CT molecular complexity index is 553. The molecule has 2 rings (SSSR count). The van der Waals surface area contributed by atoms with Gasteiger partial charge in [0.2, 0.25) is 0 Å². The summed E-state index contributed by atoms with van der Waals surface area (Å²) in [4.78, 5) is 14.8. The highest BCUT2D eigenvalue weighted by molar-refractivity contribution is 6.30. The van der Waals surface area contributed by atoms with E-state index in [9.17, 15) is 9.90 Å². The van der Waals surface area contributed by atoms with Crippen molar-refractivity contribution in [2.75, 3.05) is 19.7 Å². The maximum atomic E-state index is 13.1. The molecular formula is C18H27ClN2O3. The molecule has 0 saturated heterocycles. The molecule has 0 unspecified atom stereocenters. The van der Waals surface area contributed by atoms with E-state index in [4.69, 9.17) is 22.1 Å². The smallest absolute Gasteiger partial charge is 0.257 e. The lowest BCUT2D eigenvalue weighted by Gasteiger charge is -2.37. The molecule has 0 aliphatic heterocycles. The number of aliphatic hydroxyl groups is 1. The number of aliphatic hydroxyl groups excluding tert-OH is 1. The number of halogens is 1. The number of hydrogen-bond donors (Lipinski definition) is 2. The molecule has 1 saturated carbocycles. The van der Waals surface area contributed by atoms with Crippen LogP contribution < -0.4 is 10.5 Å². The standard InChI is InChI=1S/C18H27ClN2O3/c1-2-21(15-6-3-4-7-16(15)22)18(23)14-9-8-13(19)12-17(14)24-11-5-10-20/h8-9,12,15-16,22H,2-7,10-11,20H2,1H3/t15-,16-/m1/s1. The number of carbonyl (C=O) groups is 1. The van der Waals surface area contributed by atoms with Crippen LogP contribution in [0.25, 0.3) is 0 Å². The molecule has 1 fully saturated rings. The van der Waals surface area contributed by atoms with E-state index >= 15 is 0 Å². The van der Waals surface area contributed by atoms with Gasteiger partial charge in [-0.25, -0.2) is 0 Å². The fraction of sp³-hybridized carbons (Fsp3) is 0.611. The van der Waals surface area contributed by atoms with Crippen molar-refractivity contribution >= 4 is 17.5 Å². The zero-order valence-corrected chi connectivity index (χ0v) is 15.0. The fourth-order valence-electron chi connectivity index (χ4n) is 3.20. The van der Waals surface area contributed by atoms with Crippen LogP contribution in [0.5, 0.6) is 5.75 Å². The van der Waals surface area contributed by atoms with Gasteiger partial charge in [0.25, 0.3) is 5.91 Å². The highest BCUT2D eigenvalue weighted by Crippen LogP contribution is 2.29. The second kappa shape index (κ2) is 9.25. The molecule has 1 aliphatic rings. The van der Waals surface area contributed by atoms with Crippen molar-refractivity contribution in [3.8, 4) is 5.75 Å². The summed E-state index contributed by atoms with van der Waals surface area (Å²) in [6.07, 6.45) is 3.87. The number of nitrogens with two attached hydrogens (primary N) is 1. The topological polar surface area (TPSA) is 75.8 Å². The Morgan fingerprint density at radius 2 is 2.17 bits per heavy atom. The van der Waals surface area contributed by atoms with Crippen molar-refractivity contribution in [2.45, 2.75) is 51.2 Å². The highest BCUT2D eigenvalue weighted by Gasteiger charge is 2.32. The Hall–Kier alpha value is -1.30. The van der Waals surface area contributed by atoms with Gasteiger partial charge in [0.1, 0.15) is 5.75 Å². The number of amides is 1. The van der Waals surface area contributed by atoms with Gasteiger partial charge in [0.15, 0.2) is 0 Å². The molecule has 0 bridgehead atoms. The van der Waals surface area contributed by atoms with Crippen molar-refractivity contribution < 1.29 is 14.6 Å². The summed E-state index contributed by atoms with van der Waals surface area (Å²) in [6, 6.07) is 4.91. The third kappa shape index (κ3) is 4.62. The predicted octanol–water partition coefficient (Wildman–Crippen LogP) is 2.83. The Kier molecular flexibility index (Phi) is 7.34. The molecule has 1 aromatic rings. The number of likely N-dealkylation sites (N-methyl/N-ethyl adjacent to an activating group) is 1. The van der Waals surface area contributed by atoms with E-state index in [1.807, 2.05) is 6.92 Å². The SMILES string of the molecule is CCN(C(=O)c1ccc(Cl)cc1OCCCN)[C@@H]1CCCC[C@H]1O. The summed E-state index contributed by atoms with van der Waals surface area (Å²) in [5.41, 5.74) is 5.98. The van der Waals surface area contributed by atoms with Gasteiger partial charge in [-0.2, -0.15) is 0 Å². The maximum absolute atomic E-state index is 13.1. The van der Waals surface area contributed by atoms with E-state index in [0.717, 1.165) is 25.7 Å². The quantitative estimate of drug-likeness (QED) is 0.738. The molecule has 0 spiro atoms. The minimum Gasteiger partial charge on any atom is -0.493 e. The minimum atomic E-state index is -0.462. The Labute approximate surface area is 148 Å². The Morgan fingerprint density at radius 1 is 1.42 bits per heavy atom. The monoisotopic (exact) mass is 354 g/mol. The predicted molar refractivity (Wildman–Crippen MR) is 95.6 cm³/mol. The molecule has 1 aromatic carbocycles. The molecule has 1 aliphatic carbocycles. The average Bonchev–Trinajstić information content (AvgIpc) is 2.57. The zero-order chi connectivity index (χ0) is 17.5. The fourth-order valence-corrected chi connectivity index (χ4v) is 3.36. The summed E-state index contributed by atoms with van der Waals surface area (Å²) >= 11 is 6.05. The third-order valence-electron chi connectivity index (χ3n) is 4.48. The number of carbonyl (C=O) groups excluding carboxylic acids is 1. The van der Waals surface area contributed by atoms with E-state index in [1.54, 1.807) is 23.1 Å². The largest absolute Gasteiger partial charge is 0.493 e. The van der Waals surface area contributed by atoms with Crippen LogP contribution in [0.4, 0.5) is 0 Å². The van der Waals surface area contributed by atoms with Gasteiger partial charge in [0.05, 0.1) is 24.3 Å². The molecule has 24 heavy (non-hydrogen) atoms. The van der Waals surface area contributed by atoms with Gasteiger partial charge in [-0.3, -0.25) is 4.79 Å². The highest BCUT2D eigenvalue weighted by atomic mass is 35.5. The zero-order valence-electron chi connectivity index (χ0n) is 14.2. The first-order valence-corrected chi connectivity index (χ1v) is 9.07. The van der Waals surface area contributed by atoms with E-state index < -0.39 is 6.10 Å². The Morgan fingerprint density at radius 3 is 2.83 bits per heavy atom. The van der Waals surface area contributed by atoms with Gasteiger partial charge in [-0.1, -0.05) is 24.4 Å². The van der Waals surface area contributed by atoms with Gasteiger partial charge < -0.3 is 20.5 Å². The molecule has 134 valence electrons. The number of nitrogens with zero attached hydrogens (tertiary/aromatic N) is 1. The summed E-state index contributed by atoms with van der Waals surface area (Å²) in [7, 11) is 0. The van der Waals surface area contributed by atoms with Crippen LogP contribution in [-0.4, -0.2) is 47.8 Å². The summed E-state index contributed by atoms with van der Waals surface area (Å²) in [5.74, 6) is 0.354. The van der Waals surface area contributed by atoms with Crippen molar-refractivity contribution in [3.05, 3.63) is 28.8 Å². The van der Waals surface area contributed by atoms with Crippen molar-refractivity contribution in [1.29, 1.82) is 0 Å². The molecule has 5 nitrogen and oxygen atoms in total. The molecular weight excluding hydrogens is 328 g/mol. The van der Waals surface area contributed by atoms with Crippen molar-refractivity contribution in [2.24, 2.45) is 5.73 Å². The van der Waals surface area contributed by atoms with Crippen LogP contribution in [0.15, 0.2) is 18.2 Å².